The Kier molecular flexibility index (Phi) is 4.83. The minimum atomic E-state index is 0.0272. The average Bonchev–Trinajstić information content (AvgIpc) is 3.20. The molecule has 4 aromatic carbocycles. The fraction of sp³-hybridized carbons (Fsp3) is 0.324. The van der Waals surface area contributed by atoms with Crippen LogP contribution in [0.25, 0.3) is 59.8 Å². The van der Waals surface area contributed by atoms with Crippen molar-refractivity contribution in [3.63, 3.8) is 0 Å². The molecule has 2 nitrogen and oxygen atoms in total. The van der Waals surface area contributed by atoms with Crippen LogP contribution >= 0.6 is 0 Å². The summed E-state index contributed by atoms with van der Waals surface area (Å²) in [5.74, 6) is 0. The molecule has 7 aromatic rings. The first kappa shape index (κ1) is 24.4. The fourth-order valence-electron chi connectivity index (χ4n) is 7.28. The number of pyridine rings is 2. The van der Waals surface area contributed by atoms with Gasteiger partial charge in [-0.2, -0.15) is 0 Å². The molecule has 0 unspecified atom stereocenters. The highest BCUT2D eigenvalue weighted by atomic mass is 15.0. The number of rotatable bonds is 1. The van der Waals surface area contributed by atoms with Crippen LogP contribution in [0.15, 0.2) is 60.8 Å². The molecule has 0 amide bonds. The minimum Gasteiger partial charge on any atom is -0.307 e. The molecule has 0 aliphatic rings. The SMILES string of the molecule is Cc1c2cc(CC(C)(C)C)ccc2c(C)c2c1c1c3c(cc[n+]1C)cc(C(C)(C)C)c1c4ccccc4n2c13. The van der Waals surface area contributed by atoms with Gasteiger partial charge in [-0.25, -0.2) is 4.57 Å². The van der Waals surface area contributed by atoms with Gasteiger partial charge >= 0.3 is 0 Å². The monoisotopic (exact) mass is 511 g/mol. The molecule has 3 heterocycles. The highest BCUT2D eigenvalue weighted by Crippen LogP contribution is 2.47. The molecule has 0 aliphatic carbocycles. The molecule has 196 valence electrons. The number of fused-ring (bicyclic) bond motifs is 7. The van der Waals surface area contributed by atoms with Crippen molar-refractivity contribution >= 4 is 59.8 Å². The van der Waals surface area contributed by atoms with Gasteiger partial charge < -0.3 is 4.40 Å². The number of nitrogens with zero attached hydrogens (tertiary/aromatic N) is 2. The van der Waals surface area contributed by atoms with Crippen molar-refractivity contribution in [2.24, 2.45) is 12.5 Å². The van der Waals surface area contributed by atoms with Gasteiger partial charge in [-0.3, -0.25) is 0 Å². The molecule has 3 aromatic heterocycles. The normalized spacial score (nSPS) is 13.4. The number of hydrogen-bond acceptors (Lipinski definition) is 0. The third kappa shape index (κ3) is 3.30. The maximum Gasteiger partial charge on any atom is 0.224 e. The van der Waals surface area contributed by atoms with Gasteiger partial charge in [0, 0.05) is 16.8 Å². The second-order valence-electron chi connectivity index (χ2n) is 14.1. The molecule has 0 bridgehead atoms. The van der Waals surface area contributed by atoms with Crippen molar-refractivity contribution in [2.45, 2.75) is 67.2 Å². The van der Waals surface area contributed by atoms with Crippen LogP contribution < -0.4 is 4.57 Å². The lowest BCUT2D eigenvalue weighted by molar-refractivity contribution is -0.643. The number of para-hydroxylation sites is 1. The van der Waals surface area contributed by atoms with Crippen LogP contribution in [0.2, 0.25) is 0 Å². The van der Waals surface area contributed by atoms with Crippen LogP contribution in [-0.4, -0.2) is 4.40 Å². The maximum atomic E-state index is 2.61. The zero-order chi connectivity index (χ0) is 27.6. The smallest absolute Gasteiger partial charge is 0.224 e. The molecule has 0 N–H and O–H groups in total. The van der Waals surface area contributed by atoms with Gasteiger partial charge in [0.05, 0.1) is 27.3 Å². The first-order chi connectivity index (χ1) is 18.4. The van der Waals surface area contributed by atoms with E-state index in [2.05, 4.69) is 132 Å². The molecule has 0 saturated carbocycles. The summed E-state index contributed by atoms with van der Waals surface area (Å²) < 4.78 is 4.96. The van der Waals surface area contributed by atoms with E-state index < -0.39 is 0 Å². The lowest BCUT2D eigenvalue weighted by Crippen LogP contribution is -2.29. The molecule has 0 saturated heterocycles. The van der Waals surface area contributed by atoms with Crippen LogP contribution in [0.5, 0.6) is 0 Å². The van der Waals surface area contributed by atoms with Crippen molar-refractivity contribution in [3.05, 3.63) is 83.0 Å². The summed E-state index contributed by atoms with van der Waals surface area (Å²) in [7, 11) is 2.22. The Morgan fingerprint density at radius 1 is 0.718 bits per heavy atom. The molecule has 39 heavy (non-hydrogen) atoms. The molecule has 0 aliphatic heterocycles. The van der Waals surface area contributed by atoms with Crippen LogP contribution in [0.3, 0.4) is 0 Å². The van der Waals surface area contributed by atoms with E-state index in [0.717, 1.165) is 6.42 Å². The summed E-state index contributed by atoms with van der Waals surface area (Å²) in [6.07, 6.45) is 3.33. The van der Waals surface area contributed by atoms with Crippen LogP contribution in [0.4, 0.5) is 0 Å². The standard InChI is InChI=1S/C37H39N2/c1-21-27-18-23(20-36(3,4)5)14-15-25(27)22(2)33-30(21)34-31-24(16-17-38(34)9)19-28(37(6,7)8)32-26-12-10-11-13-29(26)39(33)35(31)32/h10-19H,20H2,1-9H3/q+1. The van der Waals surface area contributed by atoms with Crippen molar-refractivity contribution in [2.75, 3.05) is 0 Å². The lowest BCUT2D eigenvalue weighted by Gasteiger charge is -2.23. The van der Waals surface area contributed by atoms with Crippen molar-refractivity contribution < 1.29 is 4.57 Å². The van der Waals surface area contributed by atoms with Gasteiger partial charge in [-0.15, -0.1) is 0 Å². The summed E-state index contributed by atoms with van der Waals surface area (Å²) in [5, 5.41) is 9.57. The quantitative estimate of drug-likeness (QED) is 0.118. The lowest BCUT2D eigenvalue weighted by atomic mass is 9.82. The summed E-state index contributed by atoms with van der Waals surface area (Å²) >= 11 is 0. The molecule has 0 fully saturated rings. The molecular formula is C37H39N2+. The minimum absolute atomic E-state index is 0.0272. The maximum absolute atomic E-state index is 2.61. The average molecular weight is 512 g/mol. The largest absolute Gasteiger partial charge is 0.307 e. The van der Waals surface area contributed by atoms with Crippen LogP contribution in [0.1, 0.15) is 63.8 Å². The Hall–Kier alpha value is -3.65. The van der Waals surface area contributed by atoms with E-state index in [4.69, 9.17) is 0 Å². The van der Waals surface area contributed by atoms with Crippen LogP contribution in [0, 0.1) is 19.3 Å². The second-order valence-corrected chi connectivity index (χ2v) is 14.1. The highest BCUT2D eigenvalue weighted by Gasteiger charge is 2.30. The van der Waals surface area contributed by atoms with Gasteiger partial charge in [-0.1, -0.05) is 77.9 Å². The molecule has 0 spiro atoms. The summed E-state index contributed by atoms with van der Waals surface area (Å²) in [4.78, 5) is 0. The molecule has 0 atom stereocenters. The Bertz CT molecular complexity index is 2120. The number of hydrogen-bond donors (Lipinski definition) is 0. The molecule has 0 radical (unpaired) electrons. The van der Waals surface area contributed by atoms with E-state index in [9.17, 15) is 0 Å². The van der Waals surface area contributed by atoms with E-state index in [1.807, 2.05) is 0 Å². The summed E-state index contributed by atoms with van der Waals surface area (Å²) in [6, 6.07) is 21.0. The van der Waals surface area contributed by atoms with E-state index >= 15 is 0 Å². The number of aryl methyl sites for hydroxylation is 3. The Balaban J connectivity index is 1.82. The topological polar surface area (TPSA) is 8.29 Å². The summed E-state index contributed by atoms with van der Waals surface area (Å²) in [6.45, 7) is 18.7. The van der Waals surface area contributed by atoms with E-state index in [1.54, 1.807) is 0 Å². The first-order valence-electron chi connectivity index (χ1n) is 14.3. The third-order valence-electron chi connectivity index (χ3n) is 8.90. The molecule has 2 heteroatoms. The Morgan fingerprint density at radius 2 is 1.46 bits per heavy atom. The molecular weight excluding hydrogens is 472 g/mol. The zero-order valence-electron chi connectivity index (χ0n) is 24.9. The van der Waals surface area contributed by atoms with Crippen LogP contribution in [-0.2, 0) is 18.9 Å². The zero-order valence-corrected chi connectivity index (χ0v) is 24.9. The van der Waals surface area contributed by atoms with Gasteiger partial charge in [0.15, 0.2) is 6.20 Å². The predicted octanol–water partition coefficient (Wildman–Crippen LogP) is 9.47. The Labute approximate surface area is 231 Å². The highest BCUT2D eigenvalue weighted by molar-refractivity contribution is 6.29. The predicted molar refractivity (Wildman–Crippen MR) is 169 cm³/mol. The third-order valence-corrected chi connectivity index (χ3v) is 8.90. The second kappa shape index (κ2) is 7.72. The van der Waals surface area contributed by atoms with Crippen molar-refractivity contribution in [3.8, 4) is 0 Å². The van der Waals surface area contributed by atoms with E-state index in [0.29, 0.717) is 0 Å². The van der Waals surface area contributed by atoms with Gasteiger partial charge in [-0.05, 0) is 81.6 Å². The molecule has 7 rings (SSSR count). The van der Waals surface area contributed by atoms with E-state index in [-0.39, 0.29) is 10.8 Å². The van der Waals surface area contributed by atoms with Gasteiger partial charge in [0.25, 0.3) is 0 Å². The Morgan fingerprint density at radius 3 is 2.18 bits per heavy atom. The van der Waals surface area contributed by atoms with Gasteiger partial charge in [0.2, 0.25) is 5.52 Å². The first-order valence-corrected chi connectivity index (χ1v) is 14.3. The number of aromatic nitrogens is 2. The van der Waals surface area contributed by atoms with E-state index in [1.165, 1.54) is 82.0 Å². The van der Waals surface area contributed by atoms with Gasteiger partial charge in [0.1, 0.15) is 7.05 Å². The number of benzene rings is 4. The fourth-order valence-corrected chi connectivity index (χ4v) is 7.28. The van der Waals surface area contributed by atoms with Crippen molar-refractivity contribution in [1.29, 1.82) is 0 Å². The van der Waals surface area contributed by atoms with Crippen molar-refractivity contribution in [1.82, 2.24) is 4.40 Å². The summed E-state index contributed by atoms with van der Waals surface area (Å²) in [5.41, 5.74) is 11.2.